The fraction of sp³-hybridized carbons (Fsp3) is 0.476. The van der Waals surface area contributed by atoms with Gasteiger partial charge in [-0.1, -0.05) is 18.2 Å². The molecule has 0 radical (unpaired) electrons. The third-order valence-corrected chi connectivity index (χ3v) is 5.84. The summed E-state index contributed by atoms with van der Waals surface area (Å²) in [7, 11) is 3.98. The van der Waals surface area contributed by atoms with Gasteiger partial charge in [-0.2, -0.15) is 5.10 Å². The van der Waals surface area contributed by atoms with Gasteiger partial charge in [-0.3, -0.25) is 14.5 Å². The Hall–Kier alpha value is -2.11. The number of likely N-dealkylation sites (tertiary alicyclic amines) is 2. The molecule has 2 fully saturated rings. The maximum atomic E-state index is 5.31. The minimum absolute atomic E-state index is 0.499. The summed E-state index contributed by atoms with van der Waals surface area (Å²) in [4.78, 5) is 5.12. The van der Waals surface area contributed by atoms with Gasteiger partial charge in [0.25, 0.3) is 0 Å². The van der Waals surface area contributed by atoms with Crippen LogP contribution in [0.1, 0.15) is 17.2 Å². The fourth-order valence-electron chi connectivity index (χ4n) is 4.76. The molecule has 26 heavy (non-hydrogen) atoms. The van der Waals surface area contributed by atoms with Crippen molar-refractivity contribution in [2.24, 2.45) is 11.8 Å². The second-order valence-electron chi connectivity index (χ2n) is 7.63. The van der Waals surface area contributed by atoms with Gasteiger partial charge in [-0.15, -0.1) is 6.58 Å². The van der Waals surface area contributed by atoms with E-state index in [1.54, 1.807) is 7.11 Å². The molecule has 0 saturated carbocycles. The van der Waals surface area contributed by atoms with Crippen molar-refractivity contribution in [3.05, 3.63) is 60.4 Å². The highest BCUT2D eigenvalue weighted by Gasteiger charge is 2.45. The minimum Gasteiger partial charge on any atom is -0.497 e. The zero-order valence-corrected chi connectivity index (χ0v) is 15.7. The summed E-state index contributed by atoms with van der Waals surface area (Å²) in [5.74, 6) is 2.36. The van der Waals surface area contributed by atoms with E-state index in [4.69, 9.17) is 4.74 Å². The van der Waals surface area contributed by atoms with Crippen LogP contribution in [0.4, 0.5) is 0 Å². The third-order valence-electron chi connectivity index (χ3n) is 5.84. The lowest BCUT2D eigenvalue weighted by Gasteiger charge is -2.26. The van der Waals surface area contributed by atoms with Crippen LogP contribution in [0, 0.1) is 11.8 Å². The predicted octanol–water partition coefficient (Wildman–Crippen LogP) is 2.81. The van der Waals surface area contributed by atoms with Gasteiger partial charge in [0.1, 0.15) is 5.75 Å². The Balaban J connectivity index is 1.44. The number of methoxy groups -OCH3 is 1. The molecule has 2 aromatic rings. The molecule has 5 nitrogen and oxygen atoms in total. The van der Waals surface area contributed by atoms with Crippen molar-refractivity contribution >= 4 is 0 Å². The first-order chi connectivity index (χ1) is 12.7. The van der Waals surface area contributed by atoms with Crippen molar-refractivity contribution in [2.45, 2.75) is 19.1 Å². The summed E-state index contributed by atoms with van der Waals surface area (Å²) in [6.07, 6.45) is 6.01. The number of nitrogens with zero attached hydrogens (tertiary/aromatic N) is 4. The molecule has 2 aliphatic rings. The Labute approximate surface area is 155 Å². The van der Waals surface area contributed by atoms with Gasteiger partial charge in [0.05, 0.1) is 19.9 Å². The van der Waals surface area contributed by atoms with E-state index >= 15 is 0 Å². The topological polar surface area (TPSA) is 33.5 Å². The van der Waals surface area contributed by atoms with Crippen molar-refractivity contribution in [1.29, 1.82) is 0 Å². The number of rotatable bonds is 6. The van der Waals surface area contributed by atoms with Crippen molar-refractivity contribution in [2.75, 3.05) is 33.8 Å². The molecule has 0 spiro atoms. The largest absolute Gasteiger partial charge is 0.497 e. The molecule has 3 atom stereocenters. The number of allylic oxidation sites excluding steroid dienone is 1. The number of benzene rings is 1. The molecule has 1 aromatic heterocycles. The van der Waals surface area contributed by atoms with Gasteiger partial charge < -0.3 is 4.74 Å². The molecule has 2 saturated heterocycles. The minimum atomic E-state index is 0.499. The van der Waals surface area contributed by atoms with Crippen molar-refractivity contribution < 1.29 is 4.74 Å². The number of fused-ring (bicyclic) bond motifs is 1. The molecule has 2 aliphatic heterocycles. The highest BCUT2D eigenvalue weighted by Crippen LogP contribution is 2.44. The van der Waals surface area contributed by atoms with Crippen LogP contribution in [-0.4, -0.2) is 53.4 Å². The van der Waals surface area contributed by atoms with E-state index in [0.29, 0.717) is 12.0 Å². The molecule has 0 unspecified atom stereocenters. The van der Waals surface area contributed by atoms with Crippen LogP contribution in [0.5, 0.6) is 5.75 Å². The SMILES string of the molecule is C=CCn1cc(CN2C[C@@H]3CN(C)[C@H](c4ccc(OC)cc4)[C@@H]3C2)cn1. The maximum absolute atomic E-state index is 5.31. The molecule has 138 valence electrons. The van der Waals surface area contributed by atoms with E-state index in [9.17, 15) is 0 Å². The van der Waals surface area contributed by atoms with Crippen LogP contribution in [0.25, 0.3) is 0 Å². The first-order valence-corrected chi connectivity index (χ1v) is 9.36. The average Bonchev–Trinajstić information content (AvgIpc) is 3.30. The molecular formula is C21H28N4O. The number of hydrogen-bond donors (Lipinski definition) is 0. The van der Waals surface area contributed by atoms with E-state index < -0.39 is 0 Å². The molecule has 0 N–H and O–H groups in total. The zero-order valence-electron chi connectivity index (χ0n) is 15.7. The third kappa shape index (κ3) is 3.29. The lowest BCUT2D eigenvalue weighted by Crippen LogP contribution is -2.28. The van der Waals surface area contributed by atoms with E-state index in [-0.39, 0.29) is 0 Å². The summed E-state index contributed by atoms with van der Waals surface area (Å²) >= 11 is 0. The summed E-state index contributed by atoms with van der Waals surface area (Å²) in [5, 5.41) is 4.41. The van der Waals surface area contributed by atoms with E-state index in [0.717, 1.165) is 31.3 Å². The average molecular weight is 352 g/mol. The van der Waals surface area contributed by atoms with E-state index in [1.165, 1.54) is 24.2 Å². The Morgan fingerprint density at radius 2 is 2.04 bits per heavy atom. The molecule has 4 rings (SSSR count). The number of ether oxygens (including phenoxy) is 1. The van der Waals surface area contributed by atoms with Gasteiger partial charge in [-0.05, 0) is 36.6 Å². The smallest absolute Gasteiger partial charge is 0.118 e. The van der Waals surface area contributed by atoms with Crippen molar-refractivity contribution in [1.82, 2.24) is 19.6 Å². The summed E-state index contributed by atoms with van der Waals surface area (Å²) in [6, 6.07) is 9.11. The Bertz CT molecular complexity index is 754. The highest BCUT2D eigenvalue weighted by molar-refractivity contribution is 5.30. The summed E-state index contributed by atoms with van der Waals surface area (Å²) < 4.78 is 7.26. The van der Waals surface area contributed by atoms with Crippen LogP contribution in [0.15, 0.2) is 49.3 Å². The van der Waals surface area contributed by atoms with Crippen LogP contribution in [-0.2, 0) is 13.1 Å². The van der Waals surface area contributed by atoms with Crippen molar-refractivity contribution in [3.63, 3.8) is 0 Å². The molecule has 5 heteroatoms. The Kier molecular flexibility index (Phi) is 4.83. The lowest BCUT2D eigenvalue weighted by atomic mass is 9.89. The monoisotopic (exact) mass is 352 g/mol. The Morgan fingerprint density at radius 1 is 1.23 bits per heavy atom. The fourth-order valence-corrected chi connectivity index (χ4v) is 4.76. The predicted molar refractivity (Wildman–Crippen MR) is 103 cm³/mol. The second kappa shape index (κ2) is 7.25. The van der Waals surface area contributed by atoms with Crippen LogP contribution >= 0.6 is 0 Å². The Morgan fingerprint density at radius 3 is 2.77 bits per heavy atom. The molecule has 0 aliphatic carbocycles. The normalized spacial score (nSPS) is 26.2. The van der Waals surface area contributed by atoms with Crippen LogP contribution in [0.3, 0.4) is 0 Å². The van der Waals surface area contributed by atoms with Gasteiger partial charge in [0, 0.05) is 44.0 Å². The zero-order chi connectivity index (χ0) is 18.1. The number of hydrogen-bond acceptors (Lipinski definition) is 4. The second-order valence-corrected chi connectivity index (χ2v) is 7.63. The lowest BCUT2D eigenvalue weighted by molar-refractivity contribution is 0.224. The standard InChI is InChI=1S/C21H28N4O/c1-4-9-25-12-16(10-22-25)11-24-14-18-13-23(2)21(20(18)15-24)17-5-7-19(26-3)8-6-17/h4-8,10,12,18,20-21H,1,9,11,13-15H2,2-3H3/t18-,20+,21+/m0/s1. The molecule has 0 amide bonds. The maximum Gasteiger partial charge on any atom is 0.118 e. The summed E-state index contributed by atoms with van der Waals surface area (Å²) in [6.45, 7) is 9.04. The molecule has 1 aromatic carbocycles. The van der Waals surface area contributed by atoms with Crippen molar-refractivity contribution in [3.8, 4) is 5.75 Å². The molecular weight excluding hydrogens is 324 g/mol. The first-order valence-electron chi connectivity index (χ1n) is 9.36. The van der Waals surface area contributed by atoms with Crippen LogP contribution in [0.2, 0.25) is 0 Å². The highest BCUT2D eigenvalue weighted by atomic mass is 16.5. The quantitative estimate of drug-likeness (QED) is 0.749. The first kappa shape index (κ1) is 17.3. The van der Waals surface area contributed by atoms with Gasteiger partial charge in [-0.25, -0.2) is 0 Å². The number of aromatic nitrogens is 2. The van der Waals surface area contributed by atoms with Crippen LogP contribution < -0.4 is 4.74 Å². The molecule has 0 bridgehead atoms. The van der Waals surface area contributed by atoms with Gasteiger partial charge in [0.2, 0.25) is 0 Å². The summed E-state index contributed by atoms with van der Waals surface area (Å²) in [5.41, 5.74) is 2.70. The molecule has 3 heterocycles. The van der Waals surface area contributed by atoms with Gasteiger partial charge >= 0.3 is 0 Å². The van der Waals surface area contributed by atoms with Gasteiger partial charge in [0.15, 0.2) is 0 Å². The van der Waals surface area contributed by atoms with E-state index in [1.807, 2.05) is 17.0 Å². The van der Waals surface area contributed by atoms with E-state index in [2.05, 4.69) is 59.0 Å².